The molecule has 0 fully saturated rings. The zero-order valence-corrected chi connectivity index (χ0v) is 13.9. The second-order valence-corrected chi connectivity index (χ2v) is 5.58. The molecule has 0 amide bonds. The molecule has 0 aliphatic carbocycles. The van der Waals surface area contributed by atoms with Gasteiger partial charge in [-0.1, -0.05) is 12.1 Å². The highest BCUT2D eigenvalue weighted by atomic mass is 15.3. The van der Waals surface area contributed by atoms with Crippen LogP contribution < -0.4 is 10.3 Å². The van der Waals surface area contributed by atoms with Crippen LogP contribution in [0.2, 0.25) is 0 Å². The van der Waals surface area contributed by atoms with E-state index in [1.807, 2.05) is 51.5 Å². The summed E-state index contributed by atoms with van der Waals surface area (Å²) in [6, 6.07) is 9.91. The van der Waals surface area contributed by atoms with Crippen LogP contribution in [0, 0.1) is 6.92 Å². The van der Waals surface area contributed by atoms with Gasteiger partial charge in [-0.15, -0.1) is 0 Å². The van der Waals surface area contributed by atoms with Crippen LogP contribution in [0.25, 0.3) is 5.82 Å². The number of benzene rings is 1. The molecule has 7 heteroatoms. The highest BCUT2D eigenvalue weighted by Crippen LogP contribution is 2.12. The maximum Gasteiger partial charge on any atom is 0.158 e. The Bertz CT molecular complexity index is 834. The summed E-state index contributed by atoms with van der Waals surface area (Å²) in [6.45, 7) is 1.98. The molecule has 0 bridgehead atoms. The summed E-state index contributed by atoms with van der Waals surface area (Å²) in [6.07, 6.45) is 6.92. The van der Waals surface area contributed by atoms with Crippen LogP contribution in [0.5, 0.6) is 0 Å². The SMILES string of the molecule is Cc1cnn(-c2cc(N/N=C/c3ccc(N(C)C)cc3)ncn2)c1. The van der Waals surface area contributed by atoms with Crippen molar-refractivity contribution in [2.75, 3.05) is 24.4 Å². The van der Waals surface area contributed by atoms with E-state index >= 15 is 0 Å². The Morgan fingerprint density at radius 3 is 2.62 bits per heavy atom. The monoisotopic (exact) mass is 321 g/mol. The summed E-state index contributed by atoms with van der Waals surface area (Å²) in [4.78, 5) is 10.4. The van der Waals surface area contributed by atoms with Crippen LogP contribution in [0.4, 0.5) is 11.5 Å². The maximum absolute atomic E-state index is 4.23. The minimum Gasteiger partial charge on any atom is -0.378 e. The third-order valence-corrected chi connectivity index (χ3v) is 3.40. The minimum atomic E-state index is 0.606. The number of nitrogens with one attached hydrogen (secondary N) is 1. The lowest BCUT2D eigenvalue weighted by Gasteiger charge is -2.11. The third-order valence-electron chi connectivity index (χ3n) is 3.40. The van der Waals surface area contributed by atoms with E-state index in [9.17, 15) is 0 Å². The van der Waals surface area contributed by atoms with Crippen LogP contribution in [0.3, 0.4) is 0 Å². The molecule has 2 heterocycles. The first kappa shape index (κ1) is 15.7. The maximum atomic E-state index is 4.23. The van der Waals surface area contributed by atoms with Gasteiger partial charge in [0.05, 0.1) is 12.4 Å². The van der Waals surface area contributed by atoms with E-state index in [1.165, 1.54) is 6.33 Å². The first-order chi connectivity index (χ1) is 11.6. The number of aryl methyl sites for hydroxylation is 1. The van der Waals surface area contributed by atoms with E-state index in [0.717, 1.165) is 16.8 Å². The average molecular weight is 321 g/mol. The van der Waals surface area contributed by atoms with Gasteiger partial charge in [0.15, 0.2) is 11.6 Å². The van der Waals surface area contributed by atoms with E-state index in [-0.39, 0.29) is 0 Å². The van der Waals surface area contributed by atoms with Crippen molar-refractivity contribution >= 4 is 17.7 Å². The first-order valence-electron chi connectivity index (χ1n) is 7.52. The van der Waals surface area contributed by atoms with Gasteiger partial charge in [-0.25, -0.2) is 14.6 Å². The minimum absolute atomic E-state index is 0.606. The molecule has 24 heavy (non-hydrogen) atoms. The smallest absolute Gasteiger partial charge is 0.158 e. The summed E-state index contributed by atoms with van der Waals surface area (Å²) < 4.78 is 1.70. The fraction of sp³-hybridized carbons (Fsp3) is 0.176. The Balaban J connectivity index is 1.68. The zero-order valence-electron chi connectivity index (χ0n) is 13.9. The number of hydrazone groups is 1. The van der Waals surface area contributed by atoms with Gasteiger partial charge in [-0.3, -0.25) is 5.43 Å². The second-order valence-electron chi connectivity index (χ2n) is 5.58. The molecule has 122 valence electrons. The van der Waals surface area contributed by atoms with E-state index < -0.39 is 0 Å². The van der Waals surface area contributed by atoms with Crippen molar-refractivity contribution in [2.24, 2.45) is 5.10 Å². The summed E-state index contributed by atoms with van der Waals surface area (Å²) in [7, 11) is 4.02. The Morgan fingerprint density at radius 1 is 1.17 bits per heavy atom. The molecule has 0 unspecified atom stereocenters. The van der Waals surface area contributed by atoms with Gasteiger partial charge in [-0.2, -0.15) is 10.2 Å². The normalized spacial score (nSPS) is 11.0. The third kappa shape index (κ3) is 3.75. The predicted molar refractivity (Wildman–Crippen MR) is 95.9 cm³/mol. The van der Waals surface area contributed by atoms with Crippen molar-refractivity contribution in [3.8, 4) is 5.82 Å². The summed E-state index contributed by atoms with van der Waals surface area (Å²) in [5.74, 6) is 1.29. The van der Waals surface area contributed by atoms with Crippen molar-refractivity contribution in [3.05, 3.63) is 60.2 Å². The lowest BCUT2D eigenvalue weighted by Crippen LogP contribution is -2.08. The van der Waals surface area contributed by atoms with Crippen molar-refractivity contribution in [3.63, 3.8) is 0 Å². The van der Waals surface area contributed by atoms with Crippen LogP contribution in [-0.4, -0.2) is 40.1 Å². The van der Waals surface area contributed by atoms with Crippen LogP contribution in [0.15, 0.2) is 54.2 Å². The van der Waals surface area contributed by atoms with E-state index in [1.54, 1.807) is 23.2 Å². The standard InChI is InChI=1S/C17H19N7/c1-13-9-21-24(11-13)17-8-16(18-12-19-17)22-20-10-14-4-6-15(7-5-14)23(2)3/h4-12H,1-3H3,(H,18,19,22)/b20-10+. The molecule has 3 rings (SSSR count). The summed E-state index contributed by atoms with van der Waals surface area (Å²) in [5.41, 5.74) is 6.14. The topological polar surface area (TPSA) is 71.2 Å². The lowest BCUT2D eigenvalue weighted by atomic mass is 10.2. The van der Waals surface area contributed by atoms with E-state index in [4.69, 9.17) is 0 Å². The molecule has 7 nitrogen and oxygen atoms in total. The van der Waals surface area contributed by atoms with Crippen LogP contribution in [-0.2, 0) is 0 Å². The average Bonchev–Trinajstić information content (AvgIpc) is 3.02. The molecule has 0 radical (unpaired) electrons. The fourth-order valence-corrected chi connectivity index (χ4v) is 2.10. The highest BCUT2D eigenvalue weighted by molar-refractivity contribution is 5.80. The number of rotatable bonds is 5. The molecular formula is C17H19N7. The molecular weight excluding hydrogens is 302 g/mol. The Hall–Kier alpha value is -3.22. The number of nitrogens with zero attached hydrogens (tertiary/aromatic N) is 6. The molecule has 2 aromatic heterocycles. The van der Waals surface area contributed by atoms with Gasteiger partial charge in [0.2, 0.25) is 0 Å². The Kier molecular flexibility index (Phi) is 4.51. The van der Waals surface area contributed by atoms with Gasteiger partial charge in [0, 0.05) is 32.0 Å². The molecule has 0 aliphatic heterocycles. The van der Waals surface area contributed by atoms with Gasteiger partial charge in [0.1, 0.15) is 6.33 Å². The fourth-order valence-electron chi connectivity index (χ4n) is 2.10. The van der Waals surface area contributed by atoms with Crippen LogP contribution >= 0.6 is 0 Å². The highest BCUT2D eigenvalue weighted by Gasteiger charge is 2.01. The van der Waals surface area contributed by atoms with Crippen LogP contribution in [0.1, 0.15) is 11.1 Å². The molecule has 1 aromatic carbocycles. The second kappa shape index (κ2) is 6.91. The molecule has 1 N–H and O–H groups in total. The molecule has 0 saturated heterocycles. The number of hydrogen-bond acceptors (Lipinski definition) is 6. The zero-order chi connectivity index (χ0) is 16.9. The number of hydrogen-bond donors (Lipinski definition) is 1. The predicted octanol–water partition coefficient (Wildman–Crippen LogP) is 2.48. The van der Waals surface area contributed by atoms with Gasteiger partial charge in [-0.05, 0) is 30.2 Å². The quantitative estimate of drug-likeness (QED) is 0.577. The summed E-state index contributed by atoms with van der Waals surface area (Å²) in [5, 5.41) is 8.45. The van der Waals surface area contributed by atoms with Gasteiger partial charge < -0.3 is 4.90 Å². The van der Waals surface area contributed by atoms with Crippen molar-refractivity contribution in [2.45, 2.75) is 6.92 Å². The molecule has 0 aliphatic rings. The molecule has 0 spiro atoms. The Morgan fingerprint density at radius 2 is 1.96 bits per heavy atom. The molecule has 0 atom stereocenters. The lowest BCUT2D eigenvalue weighted by molar-refractivity contribution is 0.839. The molecule has 0 saturated carbocycles. The number of anilines is 2. The van der Waals surface area contributed by atoms with Crippen molar-refractivity contribution in [1.82, 2.24) is 19.7 Å². The van der Waals surface area contributed by atoms with E-state index in [0.29, 0.717) is 11.6 Å². The number of aromatic nitrogens is 4. The summed E-state index contributed by atoms with van der Waals surface area (Å²) >= 11 is 0. The van der Waals surface area contributed by atoms with Crippen molar-refractivity contribution < 1.29 is 0 Å². The first-order valence-corrected chi connectivity index (χ1v) is 7.52. The molecule has 3 aromatic rings. The van der Waals surface area contributed by atoms with Gasteiger partial charge in [0.25, 0.3) is 0 Å². The van der Waals surface area contributed by atoms with Gasteiger partial charge >= 0.3 is 0 Å². The Labute approximate surface area is 140 Å². The van der Waals surface area contributed by atoms with E-state index in [2.05, 4.69) is 30.5 Å². The van der Waals surface area contributed by atoms with Crippen molar-refractivity contribution in [1.29, 1.82) is 0 Å². The largest absolute Gasteiger partial charge is 0.378 e.